The molecule has 2 aromatic rings. The van der Waals surface area contributed by atoms with Crippen LogP contribution in [0.15, 0.2) is 42.7 Å². The van der Waals surface area contributed by atoms with Gasteiger partial charge in [-0.05, 0) is 56.4 Å². The Kier molecular flexibility index (Phi) is 5.41. The minimum Gasteiger partial charge on any atom is -0.477 e. The van der Waals surface area contributed by atoms with E-state index in [0.29, 0.717) is 24.0 Å². The summed E-state index contributed by atoms with van der Waals surface area (Å²) in [6.07, 6.45) is 6.54. The van der Waals surface area contributed by atoms with Gasteiger partial charge in [0.25, 0.3) is 5.91 Å². The molecular weight excluding hydrogens is 302 g/mol. The summed E-state index contributed by atoms with van der Waals surface area (Å²) in [6, 6.07) is 9.57. The fourth-order valence-electron chi connectivity index (χ4n) is 3.21. The van der Waals surface area contributed by atoms with Gasteiger partial charge in [-0.1, -0.05) is 6.07 Å². The van der Waals surface area contributed by atoms with Crippen LogP contribution in [-0.4, -0.2) is 40.5 Å². The Morgan fingerprint density at radius 3 is 2.92 bits per heavy atom. The molecule has 0 bridgehead atoms. The summed E-state index contributed by atoms with van der Waals surface area (Å²) in [6.45, 7) is 3.94. The van der Waals surface area contributed by atoms with Crippen molar-refractivity contribution in [3.63, 3.8) is 0 Å². The fraction of sp³-hybridized carbons (Fsp3) is 0.421. The fourth-order valence-corrected chi connectivity index (χ4v) is 3.21. The maximum Gasteiger partial charge on any atom is 0.259 e. The first kappa shape index (κ1) is 16.4. The lowest BCUT2D eigenvalue weighted by Gasteiger charge is -2.33. The van der Waals surface area contributed by atoms with Crippen molar-refractivity contribution >= 4 is 5.91 Å². The van der Waals surface area contributed by atoms with E-state index in [9.17, 15) is 4.79 Å². The van der Waals surface area contributed by atoms with Crippen LogP contribution in [-0.2, 0) is 6.42 Å². The summed E-state index contributed by atoms with van der Waals surface area (Å²) in [4.78, 5) is 23.4. The molecule has 5 heteroatoms. The molecule has 0 aliphatic carbocycles. The molecule has 126 valence electrons. The lowest BCUT2D eigenvalue weighted by Crippen LogP contribution is -2.40. The molecule has 0 aromatic carbocycles. The number of amides is 1. The van der Waals surface area contributed by atoms with Gasteiger partial charge in [-0.15, -0.1) is 0 Å². The van der Waals surface area contributed by atoms with Crippen LogP contribution in [0.5, 0.6) is 5.88 Å². The number of hydrogen-bond acceptors (Lipinski definition) is 4. The number of ether oxygens (including phenoxy) is 1. The lowest BCUT2D eigenvalue weighted by atomic mass is 9.93. The topological polar surface area (TPSA) is 55.3 Å². The van der Waals surface area contributed by atoms with Gasteiger partial charge in [0.15, 0.2) is 0 Å². The smallest absolute Gasteiger partial charge is 0.259 e. The minimum absolute atomic E-state index is 0.0114. The van der Waals surface area contributed by atoms with Crippen LogP contribution in [0.1, 0.15) is 35.8 Å². The zero-order valence-electron chi connectivity index (χ0n) is 14.0. The van der Waals surface area contributed by atoms with E-state index >= 15 is 0 Å². The van der Waals surface area contributed by atoms with E-state index in [1.54, 1.807) is 18.3 Å². The average Bonchev–Trinajstić information content (AvgIpc) is 2.63. The Morgan fingerprint density at radius 2 is 2.12 bits per heavy atom. The van der Waals surface area contributed by atoms with Crippen LogP contribution in [0.4, 0.5) is 0 Å². The number of carbonyl (C=O) groups is 1. The molecule has 1 unspecified atom stereocenters. The second kappa shape index (κ2) is 7.90. The highest BCUT2D eigenvalue weighted by atomic mass is 16.5. The highest BCUT2D eigenvalue weighted by Crippen LogP contribution is 2.24. The van der Waals surface area contributed by atoms with Gasteiger partial charge in [0.1, 0.15) is 5.56 Å². The molecule has 1 aliphatic rings. The SMILES string of the molecule is CCOc1ncccc1C(=O)N1CCCC(Cc2ccccn2)C1. The van der Waals surface area contributed by atoms with Crippen molar-refractivity contribution in [2.75, 3.05) is 19.7 Å². The van der Waals surface area contributed by atoms with Crippen molar-refractivity contribution in [3.8, 4) is 5.88 Å². The number of carbonyl (C=O) groups excluding carboxylic acids is 1. The second-order valence-corrected chi connectivity index (χ2v) is 6.07. The van der Waals surface area contributed by atoms with Gasteiger partial charge in [-0.3, -0.25) is 9.78 Å². The molecule has 1 atom stereocenters. The first-order valence-electron chi connectivity index (χ1n) is 8.55. The van der Waals surface area contributed by atoms with Crippen molar-refractivity contribution < 1.29 is 9.53 Å². The molecular formula is C19H23N3O2. The Labute approximate surface area is 142 Å². The predicted molar refractivity (Wildman–Crippen MR) is 92.0 cm³/mol. The third-order valence-corrected chi connectivity index (χ3v) is 4.31. The van der Waals surface area contributed by atoms with Crippen molar-refractivity contribution in [2.45, 2.75) is 26.2 Å². The van der Waals surface area contributed by atoms with Gasteiger partial charge < -0.3 is 9.64 Å². The molecule has 1 amide bonds. The van der Waals surface area contributed by atoms with E-state index in [4.69, 9.17) is 4.74 Å². The highest BCUT2D eigenvalue weighted by molar-refractivity contribution is 5.96. The molecule has 1 fully saturated rings. The van der Waals surface area contributed by atoms with Crippen molar-refractivity contribution in [3.05, 3.63) is 54.0 Å². The van der Waals surface area contributed by atoms with Crippen LogP contribution < -0.4 is 4.74 Å². The Balaban J connectivity index is 1.69. The van der Waals surface area contributed by atoms with E-state index in [2.05, 4.69) is 16.0 Å². The molecule has 0 radical (unpaired) electrons. The molecule has 24 heavy (non-hydrogen) atoms. The first-order valence-corrected chi connectivity index (χ1v) is 8.55. The summed E-state index contributed by atoms with van der Waals surface area (Å²) in [5.74, 6) is 0.888. The highest BCUT2D eigenvalue weighted by Gasteiger charge is 2.26. The summed E-state index contributed by atoms with van der Waals surface area (Å²) < 4.78 is 5.50. The van der Waals surface area contributed by atoms with Gasteiger partial charge in [0.2, 0.25) is 5.88 Å². The Morgan fingerprint density at radius 1 is 1.25 bits per heavy atom. The number of aromatic nitrogens is 2. The zero-order valence-corrected chi connectivity index (χ0v) is 14.0. The Bertz CT molecular complexity index is 675. The summed E-state index contributed by atoms with van der Waals surface area (Å²) in [5.41, 5.74) is 1.64. The Hall–Kier alpha value is -2.43. The van der Waals surface area contributed by atoms with Gasteiger partial charge in [-0.2, -0.15) is 0 Å². The molecule has 0 spiro atoms. The summed E-state index contributed by atoms with van der Waals surface area (Å²) >= 11 is 0. The molecule has 1 aliphatic heterocycles. The van der Waals surface area contributed by atoms with E-state index in [1.165, 1.54) is 0 Å². The first-order chi connectivity index (χ1) is 11.8. The zero-order chi connectivity index (χ0) is 16.8. The quantitative estimate of drug-likeness (QED) is 0.848. The van der Waals surface area contributed by atoms with Gasteiger partial charge in [0.05, 0.1) is 6.61 Å². The molecule has 2 aromatic heterocycles. The number of likely N-dealkylation sites (tertiary alicyclic amines) is 1. The van der Waals surface area contributed by atoms with E-state index in [0.717, 1.165) is 38.0 Å². The van der Waals surface area contributed by atoms with Crippen LogP contribution >= 0.6 is 0 Å². The lowest BCUT2D eigenvalue weighted by molar-refractivity contribution is 0.0667. The van der Waals surface area contributed by atoms with Crippen LogP contribution in [0, 0.1) is 5.92 Å². The van der Waals surface area contributed by atoms with E-state index in [-0.39, 0.29) is 5.91 Å². The monoisotopic (exact) mass is 325 g/mol. The maximum absolute atomic E-state index is 12.9. The predicted octanol–water partition coefficient (Wildman–Crippen LogP) is 2.97. The maximum atomic E-state index is 12.9. The van der Waals surface area contributed by atoms with Crippen LogP contribution in [0.25, 0.3) is 0 Å². The van der Waals surface area contributed by atoms with E-state index in [1.807, 2.05) is 30.2 Å². The van der Waals surface area contributed by atoms with Crippen molar-refractivity contribution in [1.82, 2.24) is 14.9 Å². The standard InChI is InChI=1S/C19H23N3O2/c1-2-24-18-17(9-5-11-21-18)19(23)22-12-6-7-15(14-22)13-16-8-3-4-10-20-16/h3-5,8-11,15H,2,6-7,12-14H2,1H3. The van der Waals surface area contributed by atoms with Crippen molar-refractivity contribution in [2.24, 2.45) is 5.92 Å². The minimum atomic E-state index is 0.0114. The normalized spacial score (nSPS) is 17.5. The molecule has 3 heterocycles. The largest absolute Gasteiger partial charge is 0.477 e. The summed E-state index contributed by atoms with van der Waals surface area (Å²) in [5, 5.41) is 0. The average molecular weight is 325 g/mol. The second-order valence-electron chi connectivity index (χ2n) is 6.07. The van der Waals surface area contributed by atoms with Gasteiger partial charge in [0, 0.05) is 31.2 Å². The van der Waals surface area contributed by atoms with Gasteiger partial charge >= 0.3 is 0 Å². The van der Waals surface area contributed by atoms with Gasteiger partial charge in [-0.25, -0.2) is 4.98 Å². The van der Waals surface area contributed by atoms with Crippen LogP contribution in [0.3, 0.4) is 0 Å². The molecule has 0 N–H and O–H groups in total. The molecule has 5 nitrogen and oxygen atoms in total. The third kappa shape index (κ3) is 3.91. The third-order valence-electron chi connectivity index (χ3n) is 4.31. The number of nitrogens with zero attached hydrogens (tertiary/aromatic N) is 3. The van der Waals surface area contributed by atoms with E-state index < -0.39 is 0 Å². The van der Waals surface area contributed by atoms with Crippen LogP contribution in [0.2, 0.25) is 0 Å². The molecule has 0 saturated carbocycles. The number of pyridine rings is 2. The number of rotatable bonds is 5. The number of hydrogen-bond donors (Lipinski definition) is 0. The molecule has 1 saturated heterocycles. The number of piperidine rings is 1. The summed E-state index contributed by atoms with van der Waals surface area (Å²) in [7, 11) is 0. The molecule has 3 rings (SSSR count). The van der Waals surface area contributed by atoms with Crippen molar-refractivity contribution in [1.29, 1.82) is 0 Å².